The van der Waals surface area contributed by atoms with Gasteiger partial charge in [-0.1, -0.05) is 12.1 Å². The smallest absolute Gasteiger partial charge is 0.258 e. The molecule has 7 nitrogen and oxygen atoms in total. The lowest BCUT2D eigenvalue weighted by Crippen LogP contribution is -2.44. The van der Waals surface area contributed by atoms with Crippen LogP contribution in [-0.4, -0.2) is 50.9 Å². The molecule has 2 heterocycles. The molecule has 1 fully saturated rings. The molecule has 1 aliphatic heterocycles. The van der Waals surface area contributed by atoms with Crippen LogP contribution in [0.3, 0.4) is 0 Å². The number of carbonyl (C=O) groups excluding carboxylic acids is 1. The van der Waals surface area contributed by atoms with Gasteiger partial charge in [-0.05, 0) is 38.5 Å². The maximum Gasteiger partial charge on any atom is 0.258 e. The van der Waals surface area contributed by atoms with Crippen molar-refractivity contribution >= 4 is 11.9 Å². The van der Waals surface area contributed by atoms with Crippen LogP contribution in [0.15, 0.2) is 30.6 Å². The number of nitrogens with zero attached hydrogens (tertiary/aromatic N) is 4. The van der Waals surface area contributed by atoms with Crippen LogP contribution in [0.5, 0.6) is 0 Å². The molecule has 134 valence electrons. The molecule has 1 amide bonds. The molecule has 0 spiro atoms. The number of ether oxygens (including phenoxy) is 1. The van der Waals surface area contributed by atoms with Gasteiger partial charge in [-0.25, -0.2) is 0 Å². The Morgan fingerprint density at radius 3 is 2.56 bits per heavy atom. The van der Waals surface area contributed by atoms with E-state index in [0.29, 0.717) is 18.1 Å². The van der Waals surface area contributed by atoms with Crippen LogP contribution in [0.1, 0.15) is 36.7 Å². The zero-order chi connectivity index (χ0) is 17.8. The summed E-state index contributed by atoms with van der Waals surface area (Å²) in [6, 6.07) is 7.71. The zero-order valence-electron chi connectivity index (χ0n) is 15.0. The molecule has 0 saturated carbocycles. The molecule has 1 aromatic heterocycles. The van der Waals surface area contributed by atoms with Crippen molar-refractivity contribution in [1.82, 2.24) is 19.7 Å². The lowest BCUT2D eigenvalue weighted by atomic mass is 10.1. The van der Waals surface area contributed by atoms with Crippen molar-refractivity contribution in [3.8, 4) is 0 Å². The van der Waals surface area contributed by atoms with Gasteiger partial charge in [-0.2, -0.15) is 0 Å². The second-order valence-corrected chi connectivity index (χ2v) is 6.54. The summed E-state index contributed by atoms with van der Waals surface area (Å²) in [6.07, 6.45) is 2.11. The summed E-state index contributed by atoms with van der Waals surface area (Å²) < 4.78 is 7.55. The van der Waals surface area contributed by atoms with E-state index in [1.165, 1.54) is 5.56 Å². The van der Waals surface area contributed by atoms with Crippen LogP contribution >= 0.6 is 0 Å². The molecule has 0 aliphatic carbocycles. The van der Waals surface area contributed by atoms with E-state index in [1.807, 2.05) is 31.2 Å². The van der Waals surface area contributed by atoms with Gasteiger partial charge in [0.1, 0.15) is 6.33 Å². The predicted octanol–water partition coefficient (Wildman–Crippen LogP) is 2.16. The second-order valence-electron chi connectivity index (χ2n) is 6.54. The lowest BCUT2D eigenvalue weighted by molar-refractivity contribution is -0.0704. The number of carbonyl (C=O) groups is 1. The number of benzene rings is 1. The standard InChI is InChI=1S/C18H25N5O2/c1-4-23-12-19-21-18(23)20-17(24)16-7-5-15(6-8-16)11-22-9-13(2)25-14(3)10-22/h5-8,12-14H,4,9-11H2,1-3H3,(H,20,21,24). The quantitative estimate of drug-likeness (QED) is 0.901. The average Bonchev–Trinajstić information content (AvgIpc) is 3.01. The van der Waals surface area contributed by atoms with Gasteiger partial charge in [0.05, 0.1) is 12.2 Å². The van der Waals surface area contributed by atoms with E-state index < -0.39 is 0 Å². The zero-order valence-corrected chi connectivity index (χ0v) is 15.0. The SMILES string of the molecule is CCn1cnnc1NC(=O)c1ccc(CN2CC(C)OC(C)C2)cc1. The minimum absolute atomic E-state index is 0.178. The first kappa shape index (κ1) is 17.6. The lowest BCUT2D eigenvalue weighted by Gasteiger charge is -2.35. The number of amides is 1. The van der Waals surface area contributed by atoms with Gasteiger partial charge in [0.15, 0.2) is 0 Å². The van der Waals surface area contributed by atoms with Gasteiger partial charge in [-0.15, -0.1) is 10.2 Å². The summed E-state index contributed by atoms with van der Waals surface area (Å²) in [7, 11) is 0. The van der Waals surface area contributed by atoms with Crippen molar-refractivity contribution in [2.24, 2.45) is 0 Å². The molecule has 1 aromatic carbocycles. The van der Waals surface area contributed by atoms with Gasteiger partial charge in [-0.3, -0.25) is 19.6 Å². The number of hydrogen-bond acceptors (Lipinski definition) is 5. The molecular formula is C18H25N5O2. The highest BCUT2D eigenvalue weighted by molar-refractivity contribution is 6.03. The average molecular weight is 343 g/mol. The monoisotopic (exact) mass is 343 g/mol. The highest BCUT2D eigenvalue weighted by Crippen LogP contribution is 2.15. The summed E-state index contributed by atoms with van der Waals surface area (Å²) in [5, 5.41) is 10.5. The van der Waals surface area contributed by atoms with Crippen molar-refractivity contribution < 1.29 is 9.53 Å². The van der Waals surface area contributed by atoms with Gasteiger partial charge >= 0.3 is 0 Å². The van der Waals surface area contributed by atoms with E-state index in [2.05, 4.69) is 34.3 Å². The molecule has 0 bridgehead atoms. The maximum absolute atomic E-state index is 12.3. The normalized spacial score (nSPS) is 21.2. The van der Waals surface area contributed by atoms with Crippen LogP contribution in [0.4, 0.5) is 5.95 Å². The number of rotatable bonds is 5. The van der Waals surface area contributed by atoms with Gasteiger partial charge in [0, 0.05) is 31.7 Å². The number of morpholine rings is 1. The summed E-state index contributed by atoms with van der Waals surface area (Å²) in [5.74, 6) is 0.288. The Morgan fingerprint density at radius 1 is 1.24 bits per heavy atom. The first-order valence-corrected chi connectivity index (χ1v) is 8.71. The Morgan fingerprint density at radius 2 is 1.92 bits per heavy atom. The fraction of sp³-hybridized carbons (Fsp3) is 0.500. The molecule has 1 saturated heterocycles. The van der Waals surface area contributed by atoms with Crippen molar-refractivity contribution in [2.75, 3.05) is 18.4 Å². The van der Waals surface area contributed by atoms with E-state index in [4.69, 9.17) is 4.74 Å². The van der Waals surface area contributed by atoms with E-state index in [9.17, 15) is 4.79 Å². The first-order valence-electron chi connectivity index (χ1n) is 8.71. The summed E-state index contributed by atoms with van der Waals surface area (Å²) >= 11 is 0. The van der Waals surface area contributed by atoms with Gasteiger partial charge in [0.25, 0.3) is 5.91 Å². The number of nitrogens with one attached hydrogen (secondary N) is 1. The van der Waals surface area contributed by atoms with E-state index in [1.54, 1.807) is 10.9 Å². The largest absolute Gasteiger partial charge is 0.373 e. The third-order valence-corrected chi connectivity index (χ3v) is 4.30. The Labute approximate surface area is 148 Å². The number of anilines is 1. The Hall–Kier alpha value is -2.25. The third kappa shape index (κ3) is 4.43. The summed E-state index contributed by atoms with van der Waals surface area (Å²) in [6.45, 7) is 9.61. The fourth-order valence-electron chi connectivity index (χ4n) is 3.19. The predicted molar refractivity (Wildman–Crippen MR) is 95.4 cm³/mol. The number of aryl methyl sites for hydroxylation is 1. The van der Waals surface area contributed by atoms with Gasteiger partial charge in [0.2, 0.25) is 5.95 Å². The Kier molecular flexibility index (Phi) is 5.45. The summed E-state index contributed by atoms with van der Waals surface area (Å²) in [4.78, 5) is 14.7. The molecular weight excluding hydrogens is 318 g/mol. The molecule has 0 radical (unpaired) electrons. The molecule has 2 atom stereocenters. The summed E-state index contributed by atoms with van der Waals surface area (Å²) in [5.41, 5.74) is 1.80. The van der Waals surface area contributed by atoms with E-state index >= 15 is 0 Å². The van der Waals surface area contributed by atoms with E-state index in [0.717, 1.165) is 19.6 Å². The second kappa shape index (κ2) is 7.76. The molecule has 7 heteroatoms. The number of aromatic nitrogens is 3. The van der Waals surface area contributed by atoms with Crippen molar-refractivity contribution in [2.45, 2.75) is 46.1 Å². The van der Waals surface area contributed by atoms with Crippen LogP contribution in [0.25, 0.3) is 0 Å². The van der Waals surface area contributed by atoms with Gasteiger partial charge < -0.3 is 4.74 Å². The Balaban J connectivity index is 1.61. The topological polar surface area (TPSA) is 72.3 Å². The van der Waals surface area contributed by atoms with Crippen LogP contribution in [0, 0.1) is 0 Å². The highest BCUT2D eigenvalue weighted by Gasteiger charge is 2.22. The van der Waals surface area contributed by atoms with Crippen LogP contribution < -0.4 is 5.32 Å². The van der Waals surface area contributed by atoms with Crippen LogP contribution in [0.2, 0.25) is 0 Å². The number of hydrogen-bond donors (Lipinski definition) is 1. The fourth-order valence-corrected chi connectivity index (χ4v) is 3.19. The molecule has 2 unspecified atom stereocenters. The Bertz CT molecular complexity index is 703. The molecule has 25 heavy (non-hydrogen) atoms. The van der Waals surface area contributed by atoms with Crippen molar-refractivity contribution in [1.29, 1.82) is 0 Å². The maximum atomic E-state index is 12.3. The van der Waals surface area contributed by atoms with Crippen molar-refractivity contribution in [3.63, 3.8) is 0 Å². The minimum atomic E-state index is -0.178. The highest BCUT2D eigenvalue weighted by atomic mass is 16.5. The molecule has 3 rings (SSSR count). The molecule has 1 aliphatic rings. The van der Waals surface area contributed by atoms with Crippen LogP contribution in [-0.2, 0) is 17.8 Å². The third-order valence-electron chi connectivity index (χ3n) is 4.30. The minimum Gasteiger partial charge on any atom is -0.373 e. The molecule has 1 N–H and O–H groups in total. The first-order chi connectivity index (χ1) is 12.0. The van der Waals surface area contributed by atoms with E-state index in [-0.39, 0.29) is 18.1 Å². The molecule has 2 aromatic rings. The van der Waals surface area contributed by atoms with Crippen molar-refractivity contribution in [3.05, 3.63) is 41.7 Å².